The molecule has 12 heavy (non-hydrogen) atoms. The minimum atomic E-state index is 0.336. The number of aromatic amines is 1. The molecule has 1 fully saturated rings. The highest BCUT2D eigenvalue weighted by Gasteiger charge is 2.45. The van der Waals surface area contributed by atoms with Crippen LogP contribution in [0.5, 0.6) is 0 Å². The van der Waals surface area contributed by atoms with Crippen LogP contribution in [0.25, 0.3) is 0 Å². The molecular weight excluding hydrogens is 150 g/mol. The van der Waals surface area contributed by atoms with E-state index in [0.717, 1.165) is 18.1 Å². The van der Waals surface area contributed by atoms with E-state index >= 15 is 0 Å². The van der Waals surface area contributed by atoms with E-state index in [0.29, 0.717) is 5.41 Å². The van der Waals surface area contributed by atoms with Crippen LogP contribution in [0.3, 0.4) is 0 Å². The van der Waals surface area contributed by atoms with Gasteiger partial charge in [0.05, 0.1) is 0 Å². The average Bonchev–Trinajstić information content (AvgIpc) is 2.69. The predicted molar refractivity (Wildman–Crippen MR) is 48.2 cm³/mol. The van der Waals surface area contributed by atoms with E-state index in [1.807, 2.05) is 20.2 Å². The molecule has 2 rings (SSSR count). The summed E-state index contributed by atoms with van der Waals surface area (Å²) in [5, 5.41) is 3.22. The quantitative estimate of drug-likeness (QED) is 0.700. The van der Waals surface area contributed by atoms with Gasteiger partial charge < -0.3 is 10.3 Å². The molecule has 3 nitrogen and oxygen atoms in total. The van der Waals surface area contributed by atoms with Gasteiger partial charge in [0, 0.05) is 23.9 Å². The summed E-state index contributed by atoms with van der Waals surface area (Å²) in [4.78, 5) is 7.69. The summed E-state index contributed by atoms with van der Waals surface area (Å²) in [5.41, 5.74) is 1.50. The van der Waals surface area contributed by atoms with Crippen LogP contribution in [0.4, 0.5) is 0 Å². The van der Waals surface area contributed by atoms with Crippen molar-refractivity contribution in [2.45, 2.75) is 25.2 Å². The van der Waals surface area contributed by atoms with Crippen LogP contribution in [0, 0.1) is 6.92 Å². The summed E-state index contributed by atoms with van der Waals surface area (Å²) in [6, 6.07) is 0. The Labute approximate surface area is 72.6 Å². The van der Waals surface area contributed by atoms with Gasteiger partial charge in [-0.25, -0.2) is 4.98 Å². The zero-order valence-corrected chi connectivity index (χ0v) is 7.65. The van der Waals surface area contributed by atoms with Gasteiger partial charge in [0.1, 0.15) is 5.82 Å². The molecule has 3 heteroatoms. The van der Waals surface area contributed by atoms with Gasteiger partial charge in [-0.1, -0.05) is 0 Å². The van der Waals surface area contributed by atoms with Crippen LogP contribution < -0.4 is 5.32 Å². The van der Waals surface area contributed by atoms with Gasteiger partial charge in [0.15, 0.2) is 0 Å². The average molecular weight is 165 g/mol. The van der Waals surface area contributed by atoms with E-state index in [1.54, 1.807) is 0 Å². The van der Waals surface area contributed by atoms with E-state index < -0.39 is 0 Å². The summed E-state index contributed by atoms with van der Waals surface area (Å²) in [6.07, 6.45) is 4.44. The van der Waals surface area contributed by atoms with E-state index in [9.17, 15) is 0 Å². The highest BCUT2D eigenvalue weighted by molar-refractivity contribution is 5.20. The molecule has 1 heterocycles. The zero-order chi connectivity index (χ0) is 8.60. The van der Waals surface area contributed by atoms with Crippen molar-refractivity contribution in [1.29, 1.82) is 0 Å². The fourth-order valence-electron chi connectivity index (χ4n) is 1.67. The van der Waals surface area contributed by atoms with Gasteiger partial charge in [0.25, 0.3) is 0 Å². The molecule has 66 valence electrons. The molecule has 1 aromatic rings. The Balaban J connectivity index is 2.18. The monoisotopic (exact) mass is 165 g/mol. The lowest BCUT2D eigenvalue weighted by atomic mass is 10.1. The predicted octanol–water partition coefficient (Wildman–Crippen LogP) is 0.969. The van der Waals surface area contributed by atoms with Crippen LogP contribution in [-0.4, -0.2) is 23.6 Å². The maximum Gasteiger partial charge on any atom is 0.113 e. The second-order valence-corrected chi connectivity index (χ2v) is 3.73. The van der Waals surface area contributed by atoms with Crippen molar-refractivity contribution in [3.63, 3.8) is 0 Å². The Morgan fingerprint density at radius 1 is 1.67 bits per heavy atom. The maximum atomic E-state index is 4.37. The number of hydrogen-bond acceptors (Lipinski definition) is 2. The Morgan fingerprint density at radius 3 is 2.83 bits per heavy atom. The molecule has 0 spiro atoms. The molecule has 2 N–H and O–H groups in total. The molecule has 0 atom stereocenters. The van der Waals surface area contributed by atoms with Crippen LogP contribution in [-0.2, 0) is 5.41 Å². The van der Waals surface area contributed by atoms with Crippen molar-refractivity contribution >= 4 is 0 Å². The fraction of sp³-hybridized carbons (Fsp3) is 0.667. The number of aromatic nitrogens is 2. The SMILES string of the molecule is CNCC1(c2ncc(C)[nH]2)CC1. The first-order valence-electron chi connectivity index (χ1n) is 4.43. The third-order valence-corrected chi connectivity index (χ3v) is 2.57. The smallest absolute Gasteiger partial charge is 0.113 e. The summed E-state index contributed by atoms with van der Waals surface area (Å²) < 4.78 is 0. The van der Waals surface area contributed by atoms with Crippen molar-refractivity contribution in [2.75, 3.05) is 13.6 Å². The van der Waals surface area contributed by atoms with E-state index in [4.69, 9.17) is 0 Å². The van der Waals surface area contributed by atoms with Crippen LogP contribution in [0.2, 0.25) is 0 Å². The maximum absolute atomic E-state index is 4.37. The summed E-state index contributed by atoms with van der Waals surface area (Å²) >= 11 is 0. The van der Waals surface area contributed by atoms with Gasteiger partial charge in [-0.15, -0.1) is 0 Å². The van der Waals surface area contributed by atoms with Gasteiger partial charge in [-0.05, 0) is 26.8 Å². The van der Waals surface area contributed by atoms with Crippen molar-refractivity contribution in [3.8, 4) is 0 Å². The van der Waals surface area contributed by atoms with E-state index in [1.165, 1.54) is 12.8 Å². The van der Waals surface area contributed by atoms with Gasteiger partial charge in [-0.2, -0.15) is 0 Å². The lowest BCUT2D eigenvalue weighted by Gasteiger charge is -2.10. The number of rotatable bonds is 3. The van der Waals surface area contributed by atoms with Gasteiger partial charge in [0.2, 0.25) is 0 Å². The zero-order valence-electron chi connectivity index (χ0n) is 7.65. The van der Waals surface area contributed by atoms with E-state index in [2.05, 4.69) is 15.3 Å². The topological polar surface area (TPSA) is 40.7 Å². The number of H-pyrrole nitrogens is 1. The molecular formula is C9H15N3. The Hall–Kier alpha value is -0.830. The fourth-order valence-corrected chi connectivity index (χ4v) is 1.67. The Morgan fingerprint density at radius 2 is 2.42 bits per heavy atom. The Bertz CT molecular complexity index is 273. The molecule has 0 aliphatic heterocycles. The Kier molecular flexibility index (Phi) is 1.68. The number of nitrogens with zero attached hydrogens (tertiary/aromatic N) is 1. The second kappa shape index (κ2) is 2.59. The number of aryl methyl sites for hydroxylation is 1. The molecule has 0 bridgehead atoms. The minimum absolute atomic E-state index is 0.336. The normalized spacial score (nSPS) is 19.5. The molecule has 0 aromatic carbocycles. The number of likely N-dealkylation sites (N-methyl/N-ethyl adjacent to an activating group) is 1. The number of nitrogens with one attached hydrogen (secondary N) is 2. The first kappa shape index (κ1) is 7.80. The van der Waals surface area contributed by atoms with E-state index in [-0.39, 0.29) is 0 Å². The molecule has 0 unspecified atom stereocenters. The van der Waals surface area contributed by atoms with Crippen molar-refractivity contribution in [3.05, 3.63) is 17.7 Å². The lowest BCUT2D eigenvalue weighted by molar-refractivity contribution is 0.593. The first-order chi connectivity index (χ1) is 5.77. The van der Waals surface area contributed by atoms with Crippen molar-refractivity contribution in [2.24, 2.45) is 0 Å². The molecule has 1 saturated carbocycles. The second-order valence-electron chi connectivity index (χ2n) is 3.73. The first-order valence-corrected chi connectivity index (χ1v) is 4.43. The standard InChI is InChI=1S/C9H15N3/c1-7-5-11-8(12-7)9(3-4-9)6-10-2/h5,10H,3-4,6H2,1-2H3,(H,11,12). The summed E-state index contributed by atoms with van der Waals surface area (Å²) in [5.74, 6) is 1.16. The minimum Gasteiger partial charge on any atom is -0.346 e. The van der Waals surface area contributed by atoms with Crippen molar-refractivity contribution in [1.82, 2.24) is 15.3 Å². The molecule has 1 aromatic heterocycles. The highest BCUT2D eigenvalue weighted by atomic mass is 15.0. The molecule has 1 aliphatic rings. The third-order valence-electron chi connectivity index (χ3n) is 2.57. The number of imidazole rings is 1. The van der Waals surface area contributed by atoms with Crippen molar-refractivity contribution < 1.29 is 0 Å². The van der Waals surface area contributed by atoms with Gasteiger partial charge >= 0.3 is 0 Å². The molecule has 0 saturated heterocycles. The molecule has 0 amide bonds. The lowest BCUT2D eigenvalue weighted by Crippen LogP contribution is -2.24. The summed E-state index contributed by atoms with van der Waals surface area (Å²) in [7, 11) is 2.00. The molecule has 1 aliphatic carbocycles. The number of hydrogen-bond donors (Lipinski definition) is 2. The summed E-state index contributed by atoms with van der Waals surface area (Å²) in [6.45, 7) is 3.09. The third kappa shape index (κ3) is 1.14. The highest BCUT2D eigenvalue weighted by Crippen LogP contribution is 2.45. The van der Waals surface area contributed by atoms with Crippen LogP contribution in [0.1, 0.15) is 24.4 Å². The van der Waals surface area contributed by atoms with Gasteiger partial charge in [-0.3, -0.25) is 0 Å². The molecule has 0 radical (unpaired) electrons. The van der Waals surface area contributed by atoms with Crippen LogP contribution in [0.15, 0.2) is 6.20 Å². The largest absolute Gasteiger partial charge is 0.346 e. The van der Waals surface area contributed by atoms with Crippen LogP contribution >= 0.6 is 0 Å².